The van der Waals surface area contributed by atoms with Crippen molar-refractivity contribution < 1.29 is 13.2 Å². The molecule has 0 atom stereocenters. The Bertz CT molecular complexity index is 619. The van der Waals surface area contributed by atoms with Crippen LogP contribution < -0.4 is 5.69 Å². The van der Waals surface area contributed by atoms with Crippen LogP contribution in [-0.4, -0.2) is 9.97 Å². The number of nitrogens with one attached hydrogen (secondary N) is 1. The average Bonchev–Trinajstić information content (AvgIpc) is 2.28. The first-order chi connectivity index (χ1) is 8.36. The molecule has 1 aromatic heterocycles. The minimum Gasteiger partial charge on any atom is -0.302 e. The number of hydrogen-bond donors (Lipinski definition) is 1. The Morgan fingerprint density at radius 1 is 1.17 bits per heavy atom. The van der Waals surface area contributed by atoms with Gasteiger partial charge in [0.2, 0.25) is 0 Å². The van der Waals surface area contributed by atoms with Gasteiger partial charge in [-0.05, 0) is 18.2 Å². The fourth-order valence-corrected chi connectivity index (χ4v) is 1.50. The average molecular weight is 275 g/mol. The number of alkyl halides is 3. The summed E-state index contributed by atoms with van der Waals surface area (Å²) in [6.45, 7) is 0. The lowest BCUT2D eigenvalue weighted by molar-refractivity contribution is -0.141. The third-order valence-electron chi connectivity index (χ3n) is 2.19. The summed E-state index contributed by atoms with van der Waals surface area (Å²) in [5.74, 6) is 0. The number of rotatable bonds is 1. The van der Waals surface area contributed by atoms with Gasteiger partial charge in [0.05, 0.1) is 5.69 Å². The van der Waals surface area contributed by atoms with Crippen LogP contribution in [0.25, 0.3) is 11.3 Å². The van der Waals surface area contributed by atoms with Crippen molar-refractivity contribution in [2.75, 3.05) is 0 Å². The standard InChI is InChI=1S/C11H6ClF3N2O/c12-7-3-1-6(2-4-7)8-5-9(11(13,14)15)17-10(18)16-8/h1-5H,(H,16,17,18). The van der Waals surface area contributed by atoms with E-state index >= 15 is 0 Å². The molecule has 0 spiro atoms. The van der Waals surface area contributed by atoms with E-state index in [0.29, 0.717) is 10.6 Å². The van der Waals surface area contributed by atoms with Gasteiger partial charge in [-0.2, -0.15) is 18.2 Å². The molecule has 0 amide bonds. The molecule has 0 radical (unpaired) electrons. The molecule has 0 aliphatic heterocycles. The summed E-state index contributed by atoms with van der Waals surface area (Å²) in [5, 5.41) is 0.444. The summed E-state index contributed by atoms with van der Waals surface area (Å²) in [7, 11) is 0. The van der Waals surface area contributed by atoms with E-state index in [9.17, 15) is 18.0 Å². The lowest BCUT2D eigenvalue weighted by atomic mass is 10.1. The van der Waals surface area contributed by atoms with Crippen molar-refractivity contribution in [1.82, 2.24) is 9.97 Å². The van der Waals surface area contributed by atoms with Crippen LogP contribution in [0, 0.1) is 0 Å². The monoisotopic (exact) mass is 274 g/mol. The van der Waals surface area contributed by atoms with Crippen molar-refractivity contribution >= 4 is 11.6 Å². The van der Waals surface area contributed by atoms with Crippen molar-refractivity contribution in [2.45, 2.75) is 6.18 Å². The summed E-state index contributed by atoms with van der Waals surface area (Å²) < 4.78 is 37.5. The van der Waals surface area contributed by atoms with E-state index < -0.39 is 17.6 Å². The van der Waals surface area contributed by atoms with Gasteiger partial charge in [0, 0.05) is 10.6 Å². The highest BCUT2D eigenvalue weighted by molar-refractivity contribution is 6.30. The van der Waals surface area contributed by atoms with Crippen molar-refractivity contribution in [2.24, 2.45) is 0 Å². The van der Waals surface area contributed by atoms with Crippen LogP contribution in [0.3, 0.4) is 0 Å². The molecule has 0 saturated carbocycles. The number of halogens is 4. The molecule has 0 aliphatic carbocycles. The Hall–Kier alpha value is -1.82. The summed E-state index contributed by atoms with van der Waals surface area (Å²) in [5.41, 5.74) is -1.85. The second-order valence-corrected chi connectivity index (χ2v) is 3.93. The second kappa shape index (κ2) is 4.45. The fourth-order valence-electron chi connectivity index (χ4n) is 1.38. The Balaban J connectivity index is 2.55. The number of nitrogens with zero attached hydrogens (tertiary/aromatic N) is 1. The van der Waals surface area contributed by atoms with Crippen molar-refractivity contribution in [3.63, 3.8) is 0 Å². The molecule has 94 valence electrons. The largest absolute Gasteiger partial charge is 0.431 e. The fraction of sp³-hybridized carbons (Fsp3) is 0.0909. The third-order valence-corrected chi connectivity index (χ3v) is 2.44. The predicted octanol–water partition coefficient (Wildman–Crippen LogP) is 3.11. The first kappa shape index (κ1) is 12.6. The van der Waals surface area contributed by atoms with Gasteiger partial charge in [-0.15, -0.1) is 0 Å². The zero-order valence-corrected chi connectivity index (χ0v) is 9.51. The van der Waals surface area contributed by atoms with Gasteiger partial charge in [0.15, 0.2) is 0 Å². The smallest absolute Gasteiger partial charge is 0.302 e. The van der Waals surface area contributed by atoms with E-state index in [0.717, 1.165) is 6.07 Å². The van der Waals surface area contributed by atoms with Crippen molar-refractivity contribution in [1.29, 1.82) is 0 Å². The lowest BCUT2D eigenvalue weighted by Gasteiger charge is -2.07. The van der Waals surface area contributed by atoms with Gasteiger partial charge in [0.25, 0.3) is 0 Å². The SMILES string of the molecule is O=c1nc(-c2ccc(Cl)cc2)cc(C(F)(F)F)[nH]1. The normalized spacial score (nSPS) is 11.6. The molecule has 0 fully saturated rings. The maximum atomic E-state index is 12.5. The number of H-pyrrole nitrogens is 1. The first-order valence-electron chi connectivity index (χ1n) is 4.81. The van der Waals surface area contributed by atoms with Crippen molar-refractivity contribution in [3.05, 3.63) is 51.5 Å². The first-order valence-corrected chi connectivity index (χ1v) is 5.18. The Kier molecular flexibility index (Phi) is 3.13. The van der Waals surface area contributed by atoms with Crippen LogP contribution in [-0.2, 0) is 6.18 Å². The highest BCUT2D eigenvalue weighted by Gasteiger charge is 2.32. The van der Waals surface area contributed by atoms with Crippen LogP contribution in [0.5, 0.6) is 0 Å². The molecule has 2 rings (SSSR count). The van der Waals surface area contributed by atoms with E-state index in [1.54, 1.807) is 4.98 Å². The van der Waals surface area contributed by atoms with Crippen LogP contribution in [0.4, 0.5) is 13.2 Å². The summed E-state index contributed by atoms with van der Waals surface area (Å²) >= 11 is 5.67. The van der Waals surface area contributed by atoms with Gasteiger partial charge in [-0.1, -0.05) is 23.7 Å². The Labute approximate surface area is 104 Å². The molecule has 0 saturated heterocycles. The van der Waals surface area contributed by atoms with Gasteiger partial charge < -0.3 is 4.98 Å². The maximum Gasteiger partial charge on any atom is 0.431 e. The minimum absolute atomic E-state index is 0.0530. The van der Waals surface area contributed by atoms with Gasteiger partial charge in [-0.25, -0.2) is 4.79 Å². The summed E-state index contributed by atoms with van der Waals surface area (Å²) in [4.78, 5) is 16.2. The Morgan fingerprint density at radius 3 is 2.33 bits per heavy atom. The molecule has 3 nitrogen and oxygen atoms in total. The molecular weight excluding hydrogens is 269 g/mol. The minimum atomic E-state index is -4.62. The zero-order chi connectivity index (χ0) is 13.3. The van der Waals surface area contributed by atoms with Crippen LogP contribution in [0.15, 0.2) is 35.1 Å². The lowest BCUT2D eigenvalue weighted by Crippen LogP contribution is -2.19. The highest BCUT2D eigenvalue weighted by atomic mass is 35.5. The maximum absolute atomic E-state index is 12.5. The Morgan fingerprint density at radius 2 is 1.78 bits per heavy atom. The number of hydrogen-bond acceptors (Lipinski definition) is 2. The summed E-state index contributed by atoms with van der Waals surface area (Å²) in [6, 6.07) is 6.78. The molecule has 0 aliphatic rings. The summed E-state index contributed by atoms with van der Waals surface area (Å²) in [6.07, 6.45) is -4.62. The number of aromatic nitrogens is 2. The van der Waals surface area contributed by atoms with E-state index in [1.807, 2.05) is 0 Å². The molecule has 2 aromatic rings. The molecule has 0 unspecified atom stereocenters. The second-order valence-electron chi connectivity index (χ2n) is 3.49. The van der Waals surface area contributed by atoms with E-state index in [-0.39, 0.29) is 5.69 Å². The molecular formula is C11H6ClF3N2O. The molecule has 0 bridgehead atoms. The van der Waals surface area contributed by atoms with Gasteiger partial charge >= 0.3 is 11.9 Å². The predicted molar refractivity (Wildman–Crippen MR) is 60.3 cm³/mol. The van der Waals surface area contributed by atoms with Crippen LogP contribution >= 0.6 is 11.6 Å². The topological polar surface area (TPSA) is 45.8 Å². The van der Waals surface area contributed by atoms with Gasteiger partial charge in [0.1, 0.15) is 5.69 Å². The van der Waals surface area contributed by atoms with E-state index in [2.05, 4.69) is 4.98 Å². The van der Waals surface area contributed by atoms with E-state index in [1.165, 1.54) is 24.3 Å². The molecule has 18 heavy (non-hydrogen) atoms. The van der Waals surface area contributed by atoms with Crippen molar-refractivity contribution in [3.8, 4) is 11.3 Å². The molecule has 7 heteroatoms. The quantitative estimate of drug-likeness (QED) is 0.868. The molecule has 1 N–H and O–H groups in total. The van der Waals surface area contributed by atoms with E-state index in [4.69, 9.17) is 11.6 Å². The molecule has 1 heterocycles. The number of benzene rings is 1. The zero-order valence-electron chi connectivity index (χ0n) is 8.75. The van der Waals surface area contributed by atoms with Crippen LogP contribution in [0.1, 0.15) is 5.69 Å². The number of aromatic amines is 1. The highest BCUT2D eigenvalue weighted by Crippen LogP contribution is 2.29. The third kappa shape index (κ3) is 2.70. The molecule has 1 aromatic carbocycles. The van der Waals surface area contributed by atoms with Gasteiger partial charge in [-0.3, -0.25) is 0 Å². The van der Waals surface area contributed by atoms with Crippen LogP contribution in [0.2, 0.25) is 5.02 Å².